The minimum absolute atomic E-state index is 0.0632. The molecule has 3 unspecified atom stereocenters. The second kappa shape index (κ2) is 6.48. The molecule has 0 radical (unpaired) electrons. The maximum Gasteiger partial charge on any atom is 0.309 e. The van der Waals surface area contributed by atoms with Crippen LogP contribution in [0.1, 0.15) is 40.5 Å². The van der Waals surface area contributed by atoms with Gasteiger partial charge in [-0.2, -0.15) is 0 Å². The molecule has 1 aliphatic rings. The van der Waals surface area contributed by atoms with Crippen LogP contribution in [0.15, 0.2) is 0 Å². The molecular weight excluding hydrogens is 288 g/mol. The highest BCUT2D eigenvalue weighted by atomic mass is 28.4. The first-order valence-corrected chi connectivity index (χ1v) is 10.5. The lowest BCUT2D eigenvalue weighted by Crippen LogP contribution is -2.43. The van der Waals surface area contributed by atoms with Gasteiger partial charge in [0.1, 0.15) is 0 Å². The zero-order valence-electron chi connectivity index (χ0n) is 13.9. The van der Waals surface area contributed by atoms with Gasteiger partial charge in [-0.15, -0.1) is 0 Å². The van der Waals surface area contributed by atoms with Crippen LogP contribution in [0.3, 0.4) is 0 Å². The fraction of sp³-hybridized carbons (Fsp3) is 0.867. The number of hydrogen-bond acceptors (Lipinski definition) is 4. The molecule has 21 heavy (non-hydrogen) atoms. The molecule has 5 nitrogen and oxygen atoms in total. The Morgan fingerprint density at radius 2 is 1.71 bits per heavy atom. The van der Waals surface area contributed by atoms with Crippen molar-refractivity contribution in [2.45, 2.75) is 64.8 Å². The summed E-state index contributed by atoms with van der Waals surface area (Å²) in [4.78, 5) is 23.3. The topological polar surface area (TPSA) is 72.8 Å². The van der Waals surface area contributed by atoms with Crippen LogP contribution in [0.2, 0.25) is 18.1 Å². The summed E-state index contributed by atoms with van der Waals surface area (Å²) in [6, 6.07) is 0. The Balaban J connectivity index is 2.81. The largest absolute Gasteiger partial charge is 0.481 e. The molecule has 0 spiro atoms. The van der Waals surface area contributed by atoms with E-state index in [1.807, 2.05) is 0 Å². The Labute approximate surface area is 128 Å². The minimum atomic E-state index is -1.96. The van der Waals surface area contributed by atoms with E-state index >= 15 is 0 Å². The van der Waals surface area contributed by atoms with E-state index in [0.717, 1.165) is 0 Å². The SMILES string of the molecule is CCOC(=O)C1CC(O[Si](C)(C)C(C)(C)C)CC1C(=O)O. The quantitative estimate of drug-likeness (QED) is 0.623. The van der Waals surface area contributed by atoms with Crippen LogP contribution < -0.4 is 0 Å². The molecule has 0 amide bonds. The number of esters is 1. The number of aliphatic carboxylic acids is 1. The summed E-state index contributed by atoms with van der Waals surface area (Å²) in [5, 5.41) is 9.39. The van der Waals surface area contributed by atoms with Gasteiger partial charge in [-0.3, -0.25) is 9.59 Å². The van der Waals surface area contributed by atoms with Crippen molar-refractivity contribution in [2.75, 3.05) is 6.61 Å². The first-order chi connectivity index (χ1) is 9.49. The number of carbonyl (C=O) groups excluding carboxylic acids is 1. The van der Waals surface area contributed by atoms with Crippen LogP contribution in [0.5, 0.6) is 0 Å². The van der Waals surface area contributed by atoms with Gasteiger partial charge < -0.3 is 14.3 Å². The number of carbonyl (C=O) groups is 2. The first-order valence-electron chi connectivity index (χ1n) is 7.57. The summed E-state index contributed by atoms with van der Waals surface area (Å²) in [6.45, 7) is 12.7. The third-order valence-electron chi connectivity index (χ3n) is 4.69. The van der Waals surface area contributed by atoms with E-state index in [1.165, 1.54) is 0 Å². The molecule has 3 atom stereocenters. The van der Waals surface area contributed by atoms with E-state index in [0.29, 0.717) is 12.8 Å². The predicted octanol–water partition coefficient (Wildman–Crippen LogP) is 3.05. The summed E-state index contributed by atoms with van der Waals surface area (Å²) >= 11 is 0. The lowest BCUT2D eigenvalue weighted by Gasteiger charge is -2.38. The number of ether oxygens (including phenoxy) is 1. The Morgan fingerprint density at radius 1 is 1.19 bits per heavy atom. The maximum atomic E-state index is 11.9. The second-order valence-electron chi connectivity index (χ2n) is 7.27. The monoisotopic (exact) mass is 316 g/mol. The van der Waals surface area contributed by atoms with Gasteiger partial charge in [0.2, 0.25) is 0 Å². The van der Waals surface area contributed by atoms with E-state index in [2.05, 4.69) is 33.9 Å². The van der Waals surface area contributed by atoms with Gasteiger partial charge in [0.05, 0.1) is 18.4 Å². The normalized spacial score (nSPS) is 26.7. The van der Waals surface area contributed by atoms with Crippen LogP contribution >= 0.6 is 0 Å². The Bertz CT molecular complexity index is 399. The summed E-state index contributed by atoms with van der Waals surface area (Å²) in [5.41, 5.74) is 0. The van der Waals surface area contributed by atoms with Crippen LogP contribution in [0.25, 0.3) is 0 Å². The lowest BCUT2D eigenvalue weighted by atomic mass is 9.96. The molecule has 6 heteroatoms. The smallest absolute Gasteiger partial charge is 0.309 e. The number of carboxylic acid groups (broad SMARTS) is 1. The summed E-state index contributed by atoms with van der Waals surface area (Å²) in [6.07, 6.45) is 0.676. The second-order valence-corrected chi connectivity index (χ2v) is 12.0. The molecule has 1 rings (SSSR count). The highest BCUT2D eigenvalue weighted by Gasteiger charge is 2.47. The van der Waals surface area contributed by atoms with Crippen molar-refractivity contribution in [1.82, 2.24) is 0 Å². The molecule has 1 saturated carbocycles. The zero-order valence-corrected chi connectivity index (χ0v) is 14.9. The van der Waals surface area contributed by atoms with Crippen LogP contribution in [0, 0.1) is 11.8 Å². The Morgan fingerprint density at radius 3 is 2.14 bits per heavy atom. The average molecular weight is 316 g/mol. The van der Waals surface area contributed by atoms with Crippen molar-refractivity contribution in [1.29, 1.82) is 0 Å². The minimum Gasteiger partial charge on any atom is -0.481 e. The van der Waals surface area contributed by atoms with Crippen molar-refractivity contribution in [3.05, 3.63) is 0 Å². The molecule has 0 aromatic carbocycles. The van der Waals surface area contributed by atoms with Gasteiger partial charge in [0.25, 0.3) is 0 Å². The Hall–Kier alpha value is -0.883. The summed E-state index contributed by atoms with van der Waals surface area (Å²) in [7, 11) is -1.96. The van der Waals surface area contributed by atoms with Crippen molar-refractivity contribution in [3.63, 3.8) is 0 Å². The molecule has 1 aliphatic carbocycles. The van der Waals surface area contributed by atoms with Crippen molar-refractivity contribution >= 4 is 20.3 Å². The Kier molecular flexibility index (Phi) is 5.61. The zero-order chi connectivity index (χ0) is 16.4. The van der Waals surface area contributed by atoms with E-state index in [-0.39, 0.29) is 17.7 Å². The molecule has 122 valence electrons. The molecule has 1 fully saturated rings. The molecule has 0 aromatic rings. The van der Waals surface area contributed by atoms with E-state index in [9.17, 15) is 14.7 Å². The molecule has 0 bridgehead atoms. The van der Waals surface area contributed by atoms with Crippen LogP contribution in [0.4, 0.5) is 0 Å². The van der Waals surface area contributed by atoms with Gasteiger partial charge in [-0.1, -0.05) is 20.8 Å². The highest BCUT2D eigenvalue weighted by molar-refractivity contribution is 6.74. The van der Waals surface area contributed by atoms with Crippen molar-refractivity contribution < 1.29 is 23.9 Å². The van der Waals surface area contributed by atoms with E-state index < -0.39 is 32.1 Å². The third-order valence-corrected chi connectivity index (χ3v) is 9.23. The van der Waals surface area contributed by atoms with Crippen molar-refractivity contribution in [2.24, 2.45) is 11.8 Å². The molecule has 1 N–H and O–H groups in total. The molecule has 0 heterocycles. The summed E-state index contributed by atoms with van der Waals surface area (Å²) < 4.78 is 11.3. The lowest BCUT2D eigenvalue weighted by molar-refractivity contribution is -0.156. The van der Waals surface area contributed by atoms with Crippen LogP contribution in [-0.2, 0) is 18.8 Å². The molecule has 0 aliphatic heterocycles. The standard InChI is InChI=1S/C15H28O5Si/c1-7-19-14(18)12-9-10(8-11(12)13(16)17)20-21(5,6)15(2,3)4/h10-12H,7-9H2,1-6H3,(H,16,17). The van der Waals surface area contributed by atoms with Gasteiger partial charge in [0, 0.05) is 6.10 Å². The molecular formula is C15H28O5Si. The predicted molar refractivity (Wildman–Crippen MR) is 82.6 cm³/mol. The number of hydrogen-bond donors (Lipinski definition) is 1. The van der Waals surface area contributed by atoms with Gasteiger partial charge in [-0.25, -0.2) is 0 Å². The van der Waals surface area contributed by atoms with Gasteiger partial charge in [0.15, 0.2) is 8.32 Å². The first kappa shape index (κ1) is 18.2. The summed E-state index contributed by atoms with van der Waals surface area (Å²) in [5.74, 6) is -2.63. The fourth-order valence-corrected chi connectivity index (χ4v) is 3.84. The maximum absolute atomic E-state index is 11.9. The van der Waals surface area contributed by atoms with E-state index in [4.69, 9.17) is 9.16 Å². The average Bonchev–Trinajstić information content (AvgIpc) is 2.71. The molecule has 0 aromatic heterocycles. The number of carboxylic acids is 1. The third kappa shape index (κ3) is 4.29. The highest BCUT2D eigenvalue weighted by Crippen LogP contribution is 2.42. The molecule has 0 saturated heterocycles. The van der Waals surface area contributed by atoms with Gasteiger partial charge in [-0.05, 0) is 37.9 Å². The van der Waals surface area contributed by atoms with Gasteiger partial charge >= 0.3 is 11.9 Å². The van der Waals surface area contributed by atoms with Crippen molar-refractivity contribution in [3.8, 4) is 0 Å². The van der Waals surface area contributed by atoms with Crippen LogP contribution in [-0.4, -0.2) is 38.1 Å². The van der Waals surface area contributed by atoms with E-state index in [1.54, 1.807) is 6.92 Å². The number of rotatable bonds is 5. The fourth-order valence-electron chi connectivity index (χ4n) is 2.46.